The van der Waals surface area contributed by atoms with Gasteiger partial charge in [0, 0.05) is 6.07 Å². The zero-order chi connectivity index (χ0) is 21.5. The van der Waals surface area contributed by atoms with Crippen LogP contribution in [0.1, 0.15) is 39.7 Å². The van der Waals surface area contributed by atoms with Crippen molar-refractivity contribution in [1.82, 2.24) is 19.7 Å². The molecule has 2 aromatic heterocycles. The van der Waals surface area contributed by atoms with Crippen LogP contribution in [0.4, 0.5) is 15.0 Å². The van der Waals surface area contributed by atoms with Crippen LogP contribution in [0, 0.1) is 5.82 Å². The first kappa shape index (κ1) is 20.0. The lowest BCUT2D eigenvalue weighted by Crippen LogP contribution is -2.31. The highest BCUT2D eigenvalue weighted by atomic mass is 19.1. The van der Waals surface area contributed by atoms with E-state index in [4.69, 9.17) is 9.47 Å². The molecule has 30 heavy (non-hydrogen) atoms. The van der Waals surface area contributed by atoms with Gasteiger partial charge in [0.25, 0.3) is 5.88 Å². The van der Waals surface area contributed by atoms with Crippen LogP contribution in [0.2, 0.25) is 0 Å². The molecule has 158 valence electrons. The number of fused-ring (bicyclic) bond motifs is 1. The minimum atomic E-state index is -0.691. The van der Waals surface area contributed by atoms with E-state index in [1.54, 1.807) is 31.5 Å². The Hall–Kier alpha value is -3.27. The Morgan fingerprint density at radius 1 is 1.30 bits per heavy atom. The minimum Gasteiger partial charge on any atom is -0.444 e. The van der Waals surface area contributed by atoms with Crippen LogP contribution in [-0.4, -0.2) is 42.7 Å². The molecule has 0 saturated heterocycles. The molecule has 0 bridgehead atoms. The molecule has 3 aromatic rings. The average Bonchev–Trinajstić information content (AvgIpc) is 2.96. The second-order valence-electron chi connectivity index (χ2n) is 8.14. The van der Waals surface area contributed by atoms with Crippen molar-refractivity contribution >= 4 is 22.9 Å². The molecule has 2 N–H and O–H groups in total. The number of nitrogens with zero attached hydrogens (tertiary/aromatic N) is 4. The lowest BCUT2D eigenvalue weighted by Gasteiger charge is -2.31. The molecule has 0 atom stereocenters. The Morgan fingerprint density at radius 3 is 2.73 bits per heavy atom. The molecule has 4 rings (SSSR count). The van der Waals surface area contributed by atoms with Crippen molar-refractivity contribution in [3.05, 3.63) is 36.4 Å². The molecule has 0 spiro atoms. The zero-order valence-corrected chi connectivity index (χ0v) is 16.8. The van der Waals surface area contributed by atoms with Crippen molar-refractivity contribution in [2.45, 2.75) is 51.4 Å². The number of anilines is 1. The summed E-state index contributed by atoms with van der Waals surface area (Å²) < 4.78 is 26.4. The summed E-state index contributed by atoms with van der Waals surface area (Å²) in [5.74, 6) is 0.0550. The van der Waals surface area contributed by atoms with Crippen LogP contribution in [0.5, 0.6) is 11.6 Å². The van der Waals surface area contributed by atoms with Crippen LogP contribution in [-0.2, 0) is 4.74 Å². The second-order valence-corrected chi connectivity index (χ2v) is 8.14. The Bertz CT molecular complexity index is 1090. The number of carbonyl (C=O) groups excluding carboxylic acids is 1. The first-order valence-electron chi connectivity index (χ1n) is 9.54. The molecule has 1 aliphatic rings. The van der Waals surface area contributed by atoms with Crippen LogP contribution in [0.3, 0.4) is 0 Å². The van der Waals surface area contributed by atoms with Gasteiger partial charge in [-0.25, -0.2) is 23.8 Å². The molecule has 1 aromatic carbocycles. The summed E-state index contributed by atoms with van der Waals surface area (Å²) >= 11 is 0. The van der Waals surface area contributed by atoms with E-state index in [1.165, 1.54) is 24.5 Å². The van der Waals surface area contributed by atoms with E-state index in [0.29, 0.717) is 23.9 Å². The largest absolute Gasteiger partial charge is 0.444 e. The molecule has 1 aliphatic carbocycles. The summed E-state index contributed by atoms with van der Waals surface area (Å²) in [6, 6.07) is 5.56. The van der Waals surface area contributed by atoms with Gasteiger partial charge in [-0.1, -0.05) is 6.07 Å². The molecule has 0 radical (unpaired) electrons. The van der Waals surface area contributed by atoms with Crippen LogP contribution in [0.25, 0.3) is 11.0 Å². The normalized spacial score (nSPS) is 18.7. The maximum atomic E-state index is 13.6. The van der Waals surface area contributed by atoms with Gasteiger partial charge >= 0.3 is 6.09 Å². The number of rotatable bonds is 4. The Labute approximate surface area is 171 Å². The van der Waals surface area contributed by atoms with Crippen molar-refractivity contribution in [2.75, 3.05) is 5.32 Å². The van der Waals surface area contributed by atoms with Crippen LogP contribution >= 0.6 is 0 Å². The van der Waals surface area contributed by atoms with Gasteiger partial charge in [-0.2, -0.15) is 0 Å². The highest BCUT2D eigenvalue weighted by Gasteiger charge is 2.33. The van der Waals surface area contributed by atoms with E-state index >= 15 is 0 Å². The van der Waals surface area contributed by atoms with Gasteiger partial charge in [0.2, 0.25) is 0 Å². The van der Waals surface area contributed by atoms with Gasteiger partial charge in [-0.3, -0.25) is 5.32 Å². The fourth-order valence-electron chi connectivity index (χ4n) is 3.16. The topological polar surface area (TPSA) is 111 Å². The van der Waals surface area contributed by atoms with Crippen molar-refractivity contribution in [1.29, 1.82) is 0 Å². The number of nitrogens with one attached hydrogen (secondary N) is 1. The number of halogens is 1. The van der Waals surface area contributed by atoms with E-state index in [2.05, 4.69) is 20.4 Å². The minimum absolute atomic E-state index is 0.0726. The highest BCUT2D eigenvalue weighted by molar-refractivity contribution is 5.98. The molecule has 0 unspecified atom stereocenters. The van der Waals surface area contributed by atoms with Gasteiger partial charge in [0.1, 0.15) is 28.9 Å². The van der Waals surface area contributed by atoms with E-state index in [-0.39, 0.29) is 23.5 Å². The molecule has 9 nitrogen and oxygen atoms in total. The lowest BCUT2D eigenvalue weighted by molar-refractivity contribution is 0.0446. The first-order valence-corrected chi connectivity index (χ1v) is 9.54. The van der Waals surface area contributed by atoms with Gasteiger partial charge in [0.05, 0.1) is 12.1 Å². The summed E-state index contributed by atoms with van der Waals surface area (Å²) in [6.45, 7) is 5.25. The number of carbonyl (C=O) groups is 1. The molecular weight excluding hydrogens is 393 g/mol. The third-order valence-corrected chi connectivity index (χ3v) is 4.52. The predicted octanol–water partition coefficient (Wildman–Crippen LogP) is 3.80. The van der Waals surface area contributed by atoms with Crippen LogP contribution in [0.15, 0.2) is 30.6 Å². The number of aromatic nitrogens is 4. The van der Waals surface area contributed by atoms with Gasteiger partial charge in [-0.15, -0.1) is 5.10 Å². The lowest BCUT2D eigenvalue weighted by atomic mass is 9.90. The van der Waals surface area contributed by atoms with Crippen LogP contribution < -0.4 is 10.1 Å². The molecule has 1 saturated carbocycles. The monoisotopic (exact) mass is 415 g/mol. The standard InChI is InChI=1S/C20H22FN5O4/c1-20(2,3)30-19(28)24-16-15-17(23-10-22-16)26(12-8-13(27)9-12)25-18(15)29-14-6-4-5-11(21)7-14/h4-7,10,12-13,27H,8-9H2,1-3H3,(H,22,23,24,28)/t12-,13+. The number of hydrogen-bond acceptors (Lipinski definition) is 7. The van der Waals surface area contributed by atoms with Crippen molar-refractivity contribution in [3.63, 3.8) is 0 Å². The molecule has 1 amide bonds. The molecule has 10 heteroatoms. The number of hydrogen-bond donors (Lipinski definition) is 2. The van der Waals surface area contributed by atoms with Gasteiger partial charge in [0.15, 0.2) is 11.5 Å². The smallest absolute Gasteiger partial charge is 0.413 e. The third kappa shape index (κ3) is 4.18. The van der Waals surface area contributed by atoms with Gasteiger partial charge < -0.3 is 14.6 Å². The summed E-state index contributed by atoms with van der Waals surface area (Å²) in [6.07, 6.45) is 1.26. The molecule has 1 fully saturated rings. The second kappa shape index (κ2) is 7.52. The van der Waals surface area contributed by atoms with E-state index < -0.39 is 23.6 Å². The predicted molar refractivity (Wildman–Crippen MR) is 106 cm³/mol. The first-order chi connectivity index (χ1) is 14.2. The summed E-state index contributed by atoms with van der Waals surface area (Å²) in [5, 5.41) is 17.1. The number of aliphatic hydroxyl groups excluding tert-OH is 1. The zero-order valence-electron chi connectivity index (χ0n) is 16.8. The van der Waals surface area contributed by atoms with E-state index in [9.17, 15) is 14.3 Å². The average molecular weight is 415 g/mol. The van der Waals surface area contributed by atoms with Crippen molar-refractivity contribution in [2.24, 2.45) is 0 Å². The molecular formula is C20H22FN5O4. The summed E-state index contributed by atoms with van der Waals surface area (Å²) in [7, 11) is 0. The number of amides is 1. The Balaban J connectivity index is 1.75. The van der Waals surface area contributed by atoms with E-state index in [1.807, 2.05) is 0 Å². The maximum absolute atomic E-state index is 13.6. The SMILES string of the molecule is CC(C)(C)OC(=O)Nc1ncnc2c1c(Oc1cccc(F)c1)nn2[C@H]1C[C@@H](O)C1. The fourth-order valence-corrected chi connectivity index (χ4v) is 3.16. The fraction of sp³-hybridized carbons (Fsp3) is 0.400. The summed E-state index contributed by atoms with van der Waals surface area (Å²) in [5.41, 5.74) is -0.261. The highest BCUT2D eigenvalue weighted by Crippen LogP contribution is 2.39. The van der Waals surface area contributed by atoms with Gasteiger partial charge in [-0.05, 0) is 45.7 Å². The Kier molecular flexibility index (Phi) is 5.02. The van der Waals surface area contributed by atoms with Crippen molar-refractivity contribution in [3.8, 4) is 11.6 Å². The number of aliphatic hydroxyl groups is 1. The summed E-state index contributed by atoms with van der Waals surface area (Å²) in [4.78, 5) is 20.7. The third-order valence-electron chi connectivity index (χ3n) is 4.52. The Morgan fingerprint density at radius 2 is 2.07 bits per heavy atom. The number of ether oxygens (including phenoxy) is 2. The number of benzene rings is 1. The molecule has 0 aliphatic heterocycles. The molecule has 2 heterocycles. The quantitative estimate of drug-likeness (QED) is 0.667. The maximum Gasteiger partial charge on any atom is 0.413 e. The van der Waals surface area contributed by atoms with Crippen molar-refractivity contribution < 1.29 is 23.8 Å². The van der Waals surface area contributed by atoms with E-state index in [0.717, 1.165) is 0 Å².